The number of alkyl halides is 3. The van der Waals surface area contributed by atoms with E-state index in [0.29, 0.717) is 13.0 Å². The van der Waals surface area contributed by atoms with Gasteiger partial charge in [-0.2, -0.15) is 0 Å². The van der Waals surface area contributed by atoms with Crippen molar-refractivity contribution >= 4 is 5.91 Å². The highest BCUT2D eigenvalue weighted by Gasteiger charge is 2.43. The number of ether oxygens (including phenoxy) is 2. The average molecular weight is 384 g/mol. The van der Waals surface area contributed by atoms with Crippen molar-refractivity contribution < 1.29 is 27.4 Å². The highest BCUT2D eigenvalue weighted by atomic mass is 19.4. The highest BCUT2D eigenvalue weighted by molar-refractivity contribution is 5.82. The van der Waals surface area contributed by atoms with Crippen LogP contribution in [-0.4, -0.2) is 43.6 Å². The summed E-state index contributed by atoms with van der Waals surface area (Å²) in [5, 5.41) is 6.32. The number of carbonyl (C=O) groups is 1. The molecule has 3 fully saturated rings. The number of carbonyl (C=O) groups excluding carboxylic acids is 1. The largest absolute Gasteiger partial charge is 0.573 e. The van der Waals surface area contributed by atoms with Gasteiger partial charge < -0.3 is 20.1 Å². The SMILES string of the molecule is O=C(NCC1(c2cccc(OC(F)(F)F)c2)CCC1)[C@@H]1C[C@@H]2OCC[C@@H]2N1. The second-order valence-electron chi connectivity index (χ2n) is 7.69. The lowest BCUT2D eigenvalue weighted by Gasteiger charge is -2.43. The van der Waals surface area contributed by atoms with Crippen LogP contribution in [0.5, 0.6) is 5.75 Å². The Hall–Kier alpha value is -1.80. The quantitative estimate of drug-likeness (QED) is 0.820. The zero-order chi connectivity index (χ0) is 19.1. The smallest absolute Gasteiger partial charge is 0.406 e. The number of benzene rings is 1. The van der Waals surface area contributed by atoms with Crippen molar-refractivity contribution in [3.05, 3.63) is 29.8 Å². The molecule has 1 aliphatic carbocycles. The van der Waals surface area contributed by atoms with Gasteiger partial charge in [0.05, 0.1) is 12.1 Å². The maximum Gasteiger partial charge on any atom is 0.573 e. The molecule has 0 radical (unpaired) electrons. The Morgan fingerprint density at radius 2 is 2.19 bits per heavy atom. The predicted octanol–water partition coefficient (Wildman–Crippen LogP) is 2.64. The molecule has 1 saturated carbocycles. The van der Waals surface area contributed by atoms with Crippen molar-refractivity contribution in [2.24, 2.45) is 0 Å². The number of nitrogens with one attached hydrogen (secondary N) is 2. The number of fused-ring (bicyclic) bond motifs is 1. The van der Waals surface area contributed by atoms with Gasteiger partial charge in [-0.05, 0) is 43.4 Å². The summed E-state index contributed by atoms with van der Waals surface area (Å²) in [5.41, 5.74) is 0.446. The van der Waals surface area contributed by atoms with Crippen LogP contribution in [0.25, 0.3) is 0 Å². The number of halogens is 3. The zero-order valence-electron chi connectivity index (χ0n) is 14.8. The normalized spacial score (nSPS) is 29.1. The molecule has 5 nitrogen and oxygen atoms in total. The maximum atomic E-state index is 12.5. The highest BCUT2D eigenvalue weighted by Crippen LogP contribution is 2.44. The fourth-order valence-corrected chi connectivity index (χ4v) is 4.39. The molecule has 2 heterocycles. The van der Waals surface area contributed by atoms with Crippen molar-refractivity contribution in [1.29, 1.82) is 0 Å². The Balaban J connectivity index is 1.40. The molecular weight excluding hydrogens is 361 g/mol. The van der Waals surface area contributed by atoms with Gasteiger partial charge in [-0.25, -0.2) is 0 Å². The molecular formula is C19H23F3N2O3. The van der Waals surface area contributed by atoms with Gasteiger partial charge in [0.15, 0.2) is 0 Å². The van der Waals surface area contributed by atoms with Crippen LogP contribution in [0, 0.1) is 0 Å². The standard InChI is InChI=1S/C19H23F3N2O3/c20-19(21,22)27-13-4-1-3-12(9-13)18(6-2-7-18)11-23-17(25)15-10-16-14(24-15)5-8-26-16/h1,3-4,9,14-16,24H,2,5-8,10-11H2,(H,23,25)/t14-,15-,16-/m0/s1. The second kappa shape index (κ2) is 6.98. The molecule has 8 heteroatoms. The van der Waals surface area contributed by atoms with E-state index >= 15 is 0 Å². The van der Waals surface area contributed by atoms with Crippen LogP contribution in [0.4, 0.5) is 13.2 Å². The molecule has 4 rings (SSSR count). The minimum Gasteiger partial charge on any atom is -0.406 e. The Morgan fingerprint density at radius 1 is 1.37 bits per heavy atom. The third-order valence-corrected chi connectivity index (χ3v) is 6.00. The summed E-state index contributed by atoms with van der Waals surface area (Å²) < 4.78 is 47.1. The Morgan fingerprint density at radius 3 is 2.85 bits per heavy atom. The first-order chi connectivity index (χ1) is 12.8. The molecule has 3 aliphatic rings. The van der Waals surface area contributed by atoms with E-state index in [1.807, 2.05) is 0 Å². The Kier molecular flexibility index (Phi) is 4.80. The molecule has 1 aromatic carbocycles. The van der Waals surface area contributed by atoms with Crippen LogP contribution < -0.4 is 15.4 Å². The van der Waals surface area contributed by atoms with Crippen molar-refractivity contribution in [1.82, 2.24) is 10.6 Å². The van der Waals surface area contributed by atoms with Crippen molar-refractivity contribution in [3.8, 4) is 5.75 Å². The lowest BCUT2D eigenvalue weighted by molar-refractivity contribution is -0.274. The first kappa shape index (κ1) is 18.6. The Labute approximate surface area is 155 Å². The molecule has 0 spiro atoms. The zero-order valence-corrected chi connectivity index (χ0v) is 14.8. The van der Waals surface area contributed by atoms with Gasteiger partial charge in [0.25, 0.3) is 0 Å². The van der Waals surface area contributed by atoms with Crippen LogP contribution in [-0.2, 0) is 14.9 Å². The van der Waals surface area contributed by atoms with Gasteiger partial charge in [0, 0.05) is 24.6 Å². The van der Waals surface area contributed by atoms with Crippen LogP contribution in [0.1, 0.15) is 37.7 Å². The third kappa shape index (κ3) is 3.91. The summed E-state index contributed by atoms with van der Waals surface area (Å²) in [5.74, 6) is -0.290. The van der Waals surface area contributed by atoms with E-state index in [-0.39, 0.29) is 35.3 Å². The topological polar surface area (TPSA) is 59.6 Å². The molecule has 3 atom stereocenters. The first-order valence-corrected chi connectivity index (χ1v) is 9.36. The monoisotopic (exact) mass is 384 g/mol. The number of rotatable bonds is 5. The summed E-state index contributed by atoms with van der Waals surface area (Å²) in [4.78, 5) is 12.5. The second-order valence-corrected chi connectivity index (χ2v) is 7.69. The average Bonchev–Trinajstić information content (AvgIpc) is 3.14. The van der Waals surface area contributed by atoms with Crippen molar-refractivity contribution in [2.75, 3.05) is 13.2 Å². The Bertz CT molecular complexity index is 694. The van der Waals surface area contributed by atoms with Gasteiger partial charge >= 0.3 is 6.36 Å². The van der Waals surface area contributed by atoms with E-state index in [4.69, 9.17) is 4.74 Å². The molecule has 2 aliphatic heterocycles. The lowest BCUT2D eigenvalue weighted by atomic mass is 9.64. The summed E-state index contributed by atoms with van der Waals surface area (Å²) in [6.07, 6.45) is -0.379. The van der Waals surface area contributed by atoms with Crippen molar-refractivity contribution in [3.63, 3.8) is 0 Å². The summed E-state index contributed by atoms with van der Waals surface area (Å²) in [6.45, 7) is 1.14. The van der Waals surface area contributed by atoms with E-state index < -0.39 is 6.36 Å². The fraction of sp³-hybridized carbons (Fsp3) is 0.632. The molecule has 148 valence electrons. The summed E-state index contributed by atoms with van der Waals surface area (Å²) in [6, 6.07) is 6.08. The third-order valence-electron chi connectivity index (χ3n) is 6.00. The summed E-state index contributed by atoms with van der Waals surface area (Å²) >= 11 is 0. The molecule has 0 bridgehead atoms. The number of hydrogen-bond donors (Lipinski definition) is 2. The van der Waals surface area contributed by atoms with E-state index in [2.05, 4.69) is 15.4 Å². The van der Waals surface area contributed by atoms with E-state index in [0.717, 1.165) is 37.9 Å². The minimum absolute atomic E-state index is 0.0676. The minimum atomic E-state index is -4.71. The molecule has 2 N–H and O–H groups in total. The first-order valence-electron chi connectivity index (χ1n) is 9.36. The van der Waals surface area contributed by atoms with Crippen LogP contribution in [0.2, 0.25) is 0 Å². The van der Waals surface area contributed by atoms with Gasteiger partial charge in [-0.15, -0.1) is 13.2 Å². The summed E-state index contributed by atoms with van der Waals surface area (Å²) in [7, 11) is 0. The van der Waals surface area contributed by atoms with E-state index in [9.17, 15) is 18.0 Å². The van der Waals surface area contributed by atoms with Gasteiger partial charge in [0.2, 0.25) is 5.91 Å². The van der Waals surface area contributed by atoms with E-state index in [1.165, 1.54) is 12.1 Å². The van der Waals surface area contributed by atoms with Crippen LogP contribution in [0.3, 0.4) is 0 Å². The van der Waals surface area contributed by atoms with E-state index in [1.54, 1.807) is 12.1 Å². The van der Waals surface area contributed by atoms with Crippen LogP contribution >= 0.6 is 0 Å². The predicted molar refractivity (Wildman–Crippen MR) is 91.3 cm³/mol. The van der Waals surface area contributed by atoms with Gasteiger partial charge in [-0.3, -0.25) is 4.79 Å². The van der Waals surface area contributed by atoms with Gasteiger partial charge in [0.1, 0.15) is 5.75 Å². The molecule has 0 aromatic heterocycles. The molecule has 2 saturated heterocycles. The number of hydrogen-bond acceptors (Lipinski definition) is 4. The van der Waals surface area contributed by atoms with Crippen molar-refractivity contribution in [2.45, 2.75) is 62.1 Å². The molecule has 27 heavy (non-hydrogen) atoms. The number of amides is 1. The maximum absolute atomic E-state index is 12.5. The fourth-order valence-electron chi connectivity index (χ4n) is 4.39. The lowest BCUT2D eigenvalue weighted by Crippen LogP contribution is -2.50. The van der Waals surface area contributed by atoms with Gasteiger partial charge in [-0.1, -0.05) is 18.6 Å². The van der Waals surface area contributed by atoms with Crippen LogP contribution in [0.15, 0.2) is 24.3 Å². The molecule has 1 amide bonds. The molecule has 0 unspecified atom stereocenters. The molecule has 1 aromatic rings.